The lowest BCUT2D eigenvalue weighted by atomic mass is 10.1. The maximum Gasteiger partial charge on any atom is 0.167 e. The van der Waals surface area contributed by atoms with E-state index in [1.54, 1.807) is 7.11 Å². The molecule has 0 amide bonds. The summed E-state index contributed by atoms with van der Waals surface area (Å²) in [7, 11) is 1.69. The van der Waals surface area contributed by atoms with Gasteiger partial charge in [0.15, 0.2) is 11.5 Å². The number of hydrogen-bond acceptors (Lipinski definition) is 3. The summed E-state index contributed by atoms with van der Waals surface area (Å²) in [4.78, 5) is 0. The molecule has 2 aromatic rings. The number of methoxy groups -OCH3 is 1. The molecule has 0 aromatic heterocycles. The maximum atomic E-state index is 6.23. The van der Waals surface area contributed by atoms with Crippen molar-refractivity contribution >= 4 is 15.9 Å². The predicted molar refractivity (Wildman–Crippen MR) is 121 cm³/mol. The summed E-state index contributed by atoms with van der Waals surface area (Å²) in [5.74, 6) is 1.59. The second-order valence-corrected chi connectivity index (χ2v) is 8.07. The summed E-state index contributed by atoms with van der Waals surface area (Å²) in [6.45, 7) is 6.68. The quantitative estimate of drug-likeness (QED) is 0.342. The first-order valence-corrected chi connectivity index (χ1v) is 11.2. The lowest BCUT2D eigenvalue weighted by Crippen LogP contribution is -2.16. The Bertz CT molecular complexity index is 718. The molecular weight excluding hydrogens is 414 g/mol. The van der Waals surface area contributed by atoms with Crippen molar-refractivity contribution in [1.82, 2.24) is 5.32 Å². The largest absolute Gasteiger partial charge is 0.493 e. The molecular formula is C24H34BrNO2. The van der Waals surface area contributed by atoms with Gasteiger partial charge in [-0.2, -0.15) is 0 Å². The van der Waals surface area contributed by atoms with Crippen LogP contribution in [0.2, 0.25) is 0 Å². The fourth-order valence-corrected chi connectivity index (χ4v) is 3.68. The van der Waals surface area contributed by atoms with Gasteiger partial charge in [-0.15, -0.1) is 0 Å². The number of ether oxygens (including phenoxy) is 2. The van der Waals surface area contributed by atoms with Crippen molar-refractivity contribution in [3.8, 4) is 11.5 Å². The van der Waals surface area contributed by atoms with Crippen LogP contribution in [0.25, 0.3) is 0 Å². The lowest BCUT2D eigenvalue weighted by Gasteiger charge is -2.18. The highest BCUT2D eigenvalue weighted by molar-refractivity contribution is 9.10. The van der Waals surface area contributed by atoms with Gasteiger partial charge in [0.2, 0.25) is 0 Å². The average Bonchev–Trinajstić information content (AvgIpc) is 2.70. The molecule has 28 heavy (non-hydrogen) atoms. The van der Waals surface area contributed by atoms with Crippen molar-refractivity contribution in [3.05, 3.63) is 57.6 Å². The zero-order chi connectivity index (χ0) is 20.2. The molecule has 4 heteroatoms. The molecule has 0 atom stereocenters. The van der Waals surface area contributed by atoms with E-state index in [9.17, 15) is 0 Å². The number of unbranched alkanes of at least 4 members (excludes halogenated alkanes) is 5. The highest BCUT2D eigenvalue weighted by Crippen LogP contribution is 2.37. The molecule has 154 valence electrons. The Labute approximate surface area is 179 Å². The van der Waals surface area contributed by atoms with Crippen LogP contribution in [0.15, 0.2) is 40.9 Å². The summed E-state index contributed by atoms with van der Waals surface area (Å²) in [5, 5.41) is 3.57. The zero-order valence-electron chi connectivity index (χ0n) is 17.5. The van der Waals surface area contributed by atoms with E-state index in [-0.39, 0.29) is 0 Å². The van der Waals surface area contributed by atoms with Gasteiger partial charge in [-0.05, 0) is 43.1 Å². The van der Waals surface area contributed by atoms with Crippen LogP contribution in [0.4, 0.5) is 0 Å². The molecule has 0 saturated heterocycles. The fourth-order valence-electron chi connectivity index (χ4n) is 3.23. The highest BCUT2D eigenvalue weighted by atomic mass is 79.9. The van der Waals surface area contributed by atoms with Crippen molar-refractivity contribution in [3.63, 3.8) is 0 Å². The molecule has 0 aliphatic rings. The van der Waals surface area contributed by atoms with Crippen LogP contribution in [0.1, 0.15) is 62.1 Å². The van der Waals surface area contributed by atoms with E-state index in [0.717, 1.165) is 34.6 Å². The fraction of sp³-hybridized carbons (Fsp3) is 0.500. The minimum Gasteiger partial charge on any atom is -0.493 e. The van der Waals surface area contributed by atoms with Gasteiger partial charge in [0.05, 0.1) is 7.11 Å². The first-order chi connectivity index (χ1) is 13.7. The van der Waals surface area contributed by atoms with E-state index in [2.05, 4.69) is 53.3 Å². The normalized spacial score (nSPS) is 10.9. The van der Waals surface area contributed by atoms with Crippen LogP contribution in [0.5, 0.6) is 11.5 Å². The smallest absolute Gasteiger partial charge is 0.167 e. The zero-order valence-corrected chi connectivity index (χ0v) is 19.1. The van der Waals surface area contributed by atoms with E-state index < -0.39 is 0 Å². The molecule has 0 bridgehead atoms. The number of aryl methyl sites for hydroxylation is 1. The summed E-state index contributed by atoms with van der Waals surface area (Å²) in [5.41, 5.74) is 3.54. The van der Waals surface area contributed by atoms with Gasteiger partial charge < -0.3 is 14.8 Å². The van der Waals surface area contributed by atoms with Gasteiger partial charge >= 0.3 is 0 Å². The third kappa shape index (κ3) is 7.14. The van der Waals surface area contributed by atoms with E-state index in [1.165, 1.54) is 49.7 Å². The molecule has 0 aliphatic heterocycles. The molecule has 0 saturated carbocycles. The monoisotopic (exact) mass is 447 g/mol. The number of benzene rings is 2. The van der Waals surface area contributed by atoms with E-state index >= 15 is 0 Å². The Morgan fingerprint density at radius 2 is 1.71 bits per heavy atom. The molecule has 2 rings (SSSR count). The Balaban J connectivity index is 1.96. The van der Waals surface area contributed by atoms with Crippen LogP contribution in [-0.4, -0.2) is 13.7 Å². The first-order valence-electron chi connectivity index (χ1n) is 10.4. The Morgan fingerprint density at radius 1 is 0.964 bits per heavy atom. The Hall–Kier alpha value is -1.52. The van der Waals surface area contributed by atoms with E-state index in [4.69, 9.17) is 9.47 Å². The molecule has 0 fully saturated rings. The molecule has 1 N–H and O–H groups in total. The van der Waals surface area contributed by atoms with Crippen molar-refractivity contribution in [2.45, 2.75) is 65.5 Å². The third-order valence-corrected chi connectivity index (χ3v) is 5.77. The number of halogens is 1. The van der Waals surface area contributed by atoms with Gasteiger partial charge in [0, 0.05) is 16.6 Å². The second-order valence-electron chi connectivity index (χ2n) is 7.22. The molecule has 2 aromatic carbocycles. The number of hydrogen-bond donors (Lipinski definition) is 1. The summed E-state index contributed by atoms with van der Waals surface area (Å²) in [6, 6.07) is 12.3. The highest BCUT2D eigenvalue weighted by Gasteiger charge is 2.15. The summed E-state index contributed by atoms with van der Waals surface area (Å²) >= 11 is 3.69. The minimum absolute atomic E-state index is 0.532. The van der Waals surface area contributed by atoms with Crippen LogP contribution in [0.3, 0.4) is 0 Å². The topological polar surface area (TPSA) is 30.5 Å². The van der Waals surface area contributed by atoms with Crippen LogP contribution in [0, 0.1) is 6.92 Å². The summed E-state index contributed by atoms with van der Waals surface area (Å²) < 4.78 is 12.8. The van der Waals surface area contributed by atoms with Gasteiger partial charge in [0.25, 0.3) is 0 Å². The van der Waals surface area contributed by atoms with Crippen LogP contribution >= 0.6 is 15.9 Å². The van der Waals surface area contributed by atoms with Crippen LogP contribution < -0.4 is 14.8 Å². The van der Waals surface area contributed by atoms with Crippen LogP contribution in [-0.2, 0) is 13.2 Å². The standard InChI is InChI=1S/C24H34BrNO2/c1-4-5-6-7-8-11-16-26-17-21-22(25)14-15-23(27-3)24(21)28-18-20-13-10-9-12-19(20)2/h9-10,12-15,26H,4-8,11,16-18H2,1-3H3. The molecule has 0 heterocycles. The first kappa shape index (κ1) is 22.8. The van der Waals surface area contributed by atoms with Gasteiger partial charge in [-0.25, -0.2) is 0 Å². The van der Waals surface area contributed by atoms with Gasteiger partial charge in [0.1, 0.15) is 6.61 Å². The third-order valence-electron chi connectivity index (χ3n) is 5.03. The van der Waals surface area contributed by atoms with Crippen molar-refractivity contribution in [1.29, 1.82) is 0 Å². The number of rotatable bonds is 13. The molecule has 0 radical (unpaired) electrons. The number of nitrogens with one attached hydrogen (secondary N) is 1. The molecule has 0 unspecified atom stereocenters. The molecule has 0 spiro atoms. The summed E-state index contributed by atoms with van der Waals surface area (Å²) in [6.07, 6.45) is 7.85. The predicted octanol–water partition coefficient (Wildman–Crippen LogP) is 6.80. The van der Waals surface area contributed by atoms with E-state index in [1.807, 2.05) is 18.2 Å². The van der Waals surface area contributed by atoms with Crippen molar-refractivity contribution < 1.29 is 9.47 Å². The maximum absolute atomic E-state index is 6.23. The minimum atomic E-state index is 0.532. The lowest BCUT2D eigenvalue weighted by molar-refractivity contribution is 0.279. The van der Waals surface area contributed by atoms with Gasteiger partial charge in [-0.3, -0.25) is 0 Å². The Kier molecular flexibility index (Phi) is 10.4. The SMILES string of the molecule is CCCCCCCCNCc1c(Br)ccc(OC)c1OCc1ccccc1C. The second kappa shape index (κ2) is 12.8. The molecule has 3 nitrogen and oxygen atoms in total. The van der Waals surface area contributed by atoms with Crippen molar-refractivity contribution in [2.24, 2.45) is 0 Å². The average molecular weight is 448 g/mol. The molecule has 0 aliphatic carbocycles. The Morgan fingerprint density at radius 3 is 2.46 bits per heavy atom. The van der Waals surface area contributed by atoms with Gasteiger partial charge in [-0.1, -0.05) is 79.2 Å². The van der Waals surface area contributed by atoms with Crippen molar-refractivity contribution in [2.75, 3.05) is 13.7 Å². The van der Waals surface area contributed by atoms with E-state index in [0.29, 0.717) is 6.61 Å².